The number of benzene rings is 1. The maximum Gasteiger partial charge on any atom is 0.195 e. The number of para-hydroxylation sites is 1. The van der Waals surface area contributed by atoms with Crippen molar-refractivity contribution in [2.75, 3.05) is 18.4 Å². The highest BCUT2D eigenvalue weighted by Gasteiger charge is 2.01. The summed E-state index contributed by atoms with van der Waals surface area (Å²) in [5, 5.41) is 6.53. The van der Waals surface area contributed by atoms with E-state index in [2.05, 4.69) is 15.6 Å². The van der Waals surface area contributed by atoms with Crippen LogP contribution in [0.2, 0.25) is 0 Å². The molecule has 0 spiro atoms. The Kier molecular flexibility index (Phi) is 3.01. The van der Waals surface area contributed by atoms with Gasteiger partial charge in [0.2, 0.25) is 0 Å². The zero-order valence-electron chi connectivity index (χ0n) is 8.16. The predicted molar refractivity (Wildman–Crippen MR) is 59.6 cm³/mol. The first-order valence-corrected chi connectivity index (χ1v) is 5.05. The first-order chi connectivity index (χ1) is 6.95. The third kappa shape index (κ3) is 2.49. The molecule has 0 saturated carbocycles. The monoisotopic (exact) mass is 189 g/mol. The second-order valence-corrected chi connectivity index (χ2v) is 3.36. The molecule has 2 rings (SSSR count). The third-order valence-corrected chi connectivity index (χ3v) is 2.18. The quantitative estimate of drug-likeness (QED) is 0.707. The molecule has 74 valence electrons. The Morgan fingerprint density at radius 2 is 2.00 bits per heavy atom. The number of nitrogens with zero attached hydrogens (tertiary/aromatic N) is 1. The number of hydrogen-bond donors (Lipinski definition) is 2. The van der Waals surface area contributed by atoms with Crippen LogP contribution in [0.1, 0.15) is 12.8 Å². The van der Waals surface area contributed by atoms with Gasteiger partial charge in [-0.3, -0.25) is 4.99 Å². The minimum atomic E-state index is 0.897. The van der Waals surface area contributed by atoms with Crippen LogP contribution in [0.4, 0.5) is 5.69 Å². The van der Waals surface area contributed by atoms with E-state index in [9.17, 15) is 0 Å². The Morgan fingerprint density at radius 3 is 2.86 bits per heavy atom. The predicted octanol–water partition coefficient (Wildman–Crippen LogP) is 1.84. The van der Waals surface area contributed by atoms with Crippen LogP contribution < -0.4 is 10.6 Å². The van der Waals surface area contributed by atoms with Gasteiger partial charge in [-0.15, -0.1) is 0 Å². The van der Waals surface area contributed by atoms with E-state index in [1.165, 1.54) is 12.8 Å². The van der Waals surface area contributed by atoms with Crippen molar-refractivity contribution < 1.29 is 0 Å². The molecular formula is C11H15N3. The highest BCUT2D eigenvalue weighted by Crippen LogP contribution is 2.05. The maximum absolute atomic E-state index is 4.41. The summed E-state index contributed by atoms with van der Waals surface area (Å²) in [5.41, 5.74) is 1.08. The van der Waals surface area contributed by atoms with Gasteiger partial charge in [0.15, 0.2) is 5.96 Å². The summed E-state index contributed by atoms with van der Waals surface area (Å²) in [6.45, 7) is 1.93. The van der Waals surface area contributed by atoms with Crippen molar-refractivity contribution >= 4 is 11.6 Å². The molecule has 3 heteroatoms. The van der Waals surface area contributed by atoms with Gasteiger partial charge in [0, 0.05) is 18.8 Å². The minimum absolute atomic E-state index is 0.897. The Morgan fingerprint density at radius 1 is 1.14 bits per heavy atom. The number of aliphatic imine (C=N–C) groups is 1. The molecule has 0 aliphatic carbocycles. The topological polar surface area (TPSA) is 36.4 Å². The van der Waals surface area contributed by atoms with E-state index in [0.717, 1.165) is 24.7 Å². The Labute approximate surface area is 84.2 Å². The molecule has 0 saturated heterocycles. The van der Waals surface area contributed by atoms with Crippen LogP contribution in [0, 0.1) is 0 Å². The summed E-state index contributed by atoms with van der Waals surface area (Å²) in [6.07, 6.45) is 2.37. The zero-order valence-corrected chi connectivity index (χ0v) is 8.16. The van der Waals surface area contributed by atoms with Gasteiger partial charge in [-0.25, -0.2) is 0 Å². The first-order valence-electron chi connectivity index (χ1n) is 5.05. The van der Waals surface area contributed by atoms with Crippen LogP contribution in [0.3, 0.4) is 0 Å². The molecule has 0 atom stereocenters. The molecular weight excluding hydrogens is 174 g/mol. The van der Waals surface area contributed by atoms with Crippen molar-refractivity contribution in [1.29, 1.82) is 0 Å². The molecule has 1 aliphatic heterocycles. The fourth-order valence-corrected chi connectivity index (χ4v) is 1.43. The number of nitrogens with one attached hydrogen (secondary N) is 2. The van der Waals surface area contributed by atoms with E-state index < -0.39 is 0 Å². The maximum atomic E-state index is 4.41. The summed E-state index contributed by atoms with van der Waals surface area (Å²) in [5.74, 6) is 0.897. The molecule has 3 nitrogen and oxygen atoms in total. The molecule has 1 aliphatic rings. The van der Waals surface area contributed by atoms with E-state index >= 15 is 0 Å². The van der Waals surface area contributed by atoms with Gasteiger partial charge in [0.25, 0.3) is 0 Å². The molecule has 0 bridgehead atoms. The van der Waals surface area contributed by atoms with E-state index in [1.54, 1.807) is 0 Å². The van der Waals surface area contributed by atoms with Crippen molar-refractivity contribution in [3.63, 3.8) is 0 Å². The van der Waals surface area contributed by atoms with Crippen molar-refractivity contribution in [2.45, 2.75) is 12.8 Å². The molecule has 1 heterocycles. The number of hydrogen-bond acceptors (Lipinski definition) is 3. The molecule has 0 amide bonds. The smallest absolute Gasteiger partial charge is 0.195 e. The van der Waals surface area contributed by atoms with E-state index in [-0.39, 0.29) is 0 Å². The summed E-state index contributed by atoms with van der Waals surface area (Å²) in [7, 11) is 0. The Balaban J connectivity index is 1.99. The SMILES string of the molecule is c1ccc(NC2=NCCCCN2)cc1. The summed E-state index contributed by atoms with van der Waals surface area (Å²) < 4.78 is 0. The molecule has 0 aromatic heterocycles. The minimum Gasteiger partial charge on any atom is -0.356 e. The first kappa shape index (κ1) is 9.06. The van der Waals surface area contributed by atoms with Gasteiger partial charge in [-0.2, -0.15) is 0 Å². The average molecular weight is 189 g/mol. The van der Waals surface area contributed by atoms with Crippen molar-refractivity contribution in [3.8, 4) is 0 Å². The van der Waals surface area contributed by atoms with Gasteiger partial charge >= 0.3 is 0 Å². The third-order valence-electron chi connectivity index (χ3n) is 2.18. The van der Waals surface area contributed by atoms with E-state index in [1.807, 2.05) is 30.3 Å². The van der Waals surface area contributed by atoms with Crippen molar-refractivity contribution in [3.05, 3.63) is 30.3 Å². The van der Waals surface area contributed by atoms with Gasteiger partial charge in [-0.1, -0.05) is 18.2 Å². The molecule has 1 aromatic rings. The fraction of sp³-hybridized carbons (Fsp3) is 0.364. The van der Waals surface area contributed by atoms with Crippen molar-refractivity contribution in [2.24, 2.45) is 4.99 Å². The molecule has 14 heavy (non-hydrogen) atoms. The van der Waals surface area contributed by atoms with E-state index in [0.29, 0.717) is 0 Å². The lowest BCUT2D eigenvalue weighted by Crippen LogP contribution is -2.30. The summed E-state index contributed by atoms with van der Waals surface area (Å²) in [6, 6.07) is 10.1. The van der Waals surface area contributed by atoms with E-state index in [4.69, 9.17) is 0 Å². The highest BCUT2D eigenvalue weighted by molar-refractivity contribution is 5.93. The van der Waals surface area contributed by atoms with Crippen LogP contribution in [0.5, 0.6) is 0 Å². The van der Waals surface area contributed by atoms with Gasteiger partial charge < -0.3 is 10.6 Å². The van der Waals surface area contributed by atoms with Crippen LogP contribution in [0.25, 0.3) is 0 Å². The Bertz CT molecular complexity index is 306. The standard InChI is InChI=1S/C11H15N3/c1-2-6-10(7-3-1)14-11-12-8-4-5-9-13-11/h1-3,6-7H,4-5,8-9H2,(H2,12,13,14). The molecule has 0 fully saturated rings. The lowest BCUT2D eigenvalue weighted by atomic mass is 10.3. The molecule has 1 aromatic carbocycles. The van der Waals surface area contributed by atoms with Crippen LogP contribution in [0.15, 0.2) is 35.3 Å². The van der Waals surface area contributed by atoms with Crippen LogP contribution in [-0.4, -0.2) is 19.0 Å². The normalized spacial score (nSPS) is 16.4. The Hall–Kier alpha value is -1.51. The second-order valence-electron chi connectivity index (χ2n) is 3.36. The lowest BCUT2D eigenvalue weighted by molar-refractivity contribution is 0.749. The number of guanidine groups is 1. The van der Waals surface area contributed by atoms with Crippen molar-refractivity contribution in [1.82, 2.24) is 5.32 Å². The molecule has 0 radical (unpaired) electrons. The highest BCUT2D eigenvalue weighted by atomic mass is 15.2. The largest absolute Gasteiger partial charge is 0.356 e. The fourth-order valence-electron chi connectivity index (χ4n) is 1.43. The van der Waals surface area contributed by atoms with Crippen LogP contribution >= 0.6 is 0 Å². The number of rotatable bonds is 1. The number of anilines is 1. The average Bonchev–Trinajstić information content (AvgIpc) is 2.48. The lowest BCUT2D eigenvalue weighted by Gasteiger charge is -2.09. The summed E-state index contributed by atoms with van der Waals surface area (Å²) >= 11 is 0. The van der Waals surface area contributed by atoms with Gasteiger partial charge in [0.1, 0.15) is 0 Å². The molecule has 2 N–H and O–H groups in total. The molecule has 0 unspecified atom stereocenters. The zero-order chi connectivity index (χ0) is 9.64. The second kappa shape index (κ2) is 4.65. The van der Waals surface area contributed by atoms with Gasteiger partial charge in [0.05, 0.1) is 0 Å². The van der Waals surface area contributed by atoms with Gasteiger partial charge in [-0.05, 0) is 25.0 Å². The van der Waals surface area contributed by atoms with Crippen LogP contribution in [-0.2, 0) is 0 Å². The summed E-state index contributed by atoms with van der Waals surface area (Å²) in [4.78, 5) is 4.41.